The SMILES string of the molecule is CC1=C(C(=O)OCc2ccncc2)C(c2ccccc2[N+](=O)[O-])C(C(=O)OCc2ccncc2)=C(C)N1. The summed E-state index contributed by atoms with van der Waals surface area (Å²) in [6.07, 6.45) is 6.31. The molecule has 0 spiro atoms. The molecule has 0 atom stereocenters. The zero-order valence-corrected chi connectivity index (χ0v) is 20.2. The van der Waals surface area contributed by atoms with E-state index in [1.54, 1.807) is 69.0 Å². The van der Waals surface area contributed by atoms with Crippen LogP contribution < -0.4 is 5.32 Å². The Morgan fingerprint density at radius 1 is 0.838 bits per heavy atom. The lowest BCUT2D eigenvalue weighted by Gasteiger charge is -2.30. The second-order valence-electron chi connectivity index (χ2n) is 8.31. The second-order valence-corrected chi connectivity index (χ2v) is 8.31. The van der Waals surface area contributed by atoms with Crippen LogP contribution in [-0.2, 0) is 32.3 Å². The Labute approximate surface area is 212 Å². The van der Waals surface area contributed by atoms with Gasteiger partial charge in [-0.2, -0.15) is 0 Å². The summed E-state index contributed by atoms with van der Waals surface area (Å²) in [5.41, 5.74) is 2.41. The van der Waals surface area contributed by atoms with Crippen LogP contribution in [-0.4, -0.2) is 26.8 Å². The quantitative estimate of drug-likeness (QED) is 0.275. The lowest BCUT2D eigenvalue weighted by atomic mass is 9.79. The second kappa shape index (κ2) is 11.3. The van der Waals surface area contributed by atoms with Gasteiger partial charge in [0.15, 0.2) is 0 Å². The highest BCUT2D eigenvalue weighted by Crippen LogP contribution is 2.42. The highest BCUT2D eigenvalue weighted by Gasteiger charge is 2.41. The number of carbonyl (C=O) groups excluding carboxylic acids is 2. The molecule has 2 aromatic heterocycles. The first-order valence-corrected chi connectivity index (χ1v) is 11.4. The molecule has 0 saturated heterocycles. The number of rotatable bonds is 8. The summed E-state index contributed by atoms with van der Waals surface area (Å²) in [7, 11) is 0. The lowest BCUT2D eigenvalue weighted by Crippen LogP contribution is -2.32. The van der Waals surface area contributed by atoms with Crippen molar-refractivity contribution in [3.8, 4) is 0 Å². The molecule has 0 bridgehead atoms. The van der Waals surface area contributed by atoms with Gasteiger partial charge >= 0.3 is 11.9 Å². The van der Waals surface area contributed by atoms with Crippen LogP contribution in [0.1, 0.15) is 36.5 Å². The number of hydrogen-bond acceptors (Lipinski definition) is 9. The molecule has 0 fully saturated rings. The molecule has 0 amide bonds. The molecule has 4 rings (SSSR count). The monoisotopic (exact) mass is 500 g/mol. The average Bonchev–Trinajstić information content (AvgIpc) is 2.91. The molecule has 188 valence electrons. The Morgan fingerprint density at radius 3 is 1.76 bits per heavy atom. The standard InChI is InChI=1S/C27H24N4O6/c1-17-23(26(32)36-15-19-7-11-28-12-8-19)25(21-5-3-4-6-22(21)31(34)35)24(18(2)30-17)27(33)37-16-20-9-13-29-14-10-20/h3-14,25,30H,15-16H2,1-2H3. The minimum Gasteiger partial charge on any atom is -0.457 e. The van der Waals surface area contributed by atoms with Gasteiger partial charge in [-0.3, -0.25) is 20.1 Å². The van der Waals surface area contributed by atoms with Gasteiger partial charge in [0.25, 0.3) is 5.69 Å². The van der Waals surface area contributed by atoms with Crippen molar-refractivity contribution in [2.45, 2.75) is 33.0 Å². The fraction of sp³-hybridized carbons (Fsp3) is 0.185. The average molecular weight is 501 g/mol. The van der Waals surface area contributed by atoms with Crippen LogP contribution in [0.5, 0.6) is 0 Å². The molecule has 0 saturated carbocycles. The number of allylic oxidation sites excluding steroid dienone is 2. The summed E-state index contributed by atoms with van der Waals surface area (Å²) in [6, 6.07) is 12.8. The van der Waals surface area contributed by atoms with Crippen LogP contribution in [0.2, 0.25) is 0 Å². The van der Waals surface area contributed by atoms with Crippen molar-refractivity contribution in [3.63, 3.8) is 0 Å². The van der Waals surface area contributed by atoms with E-state index in [1.807, 2.05) is 0 Å². The molecular formula is C27H24N4O6. The van der Waals surface area contributed by atoms with Crippen molar-refractivity contribution in [1.29, 1.82) is 0 Å². The van der Waals surface area contributed by atoms with Gasteiger partial charge in [-0.15, -0.1) is 0 Å². The number of ether oxygens (including phenoxy) is 2. The Bertz CT molecular complexity index is 1310. The van der Waals surface area contributed by atoms with Crippen molar-refractivity contribution < 1.29 is 24.0 Å². The number of carbonyl (C=O) groups is 2. The predicted molar refractivity (Wildman–Crippen MR) is 132 cm³/mol. The van der Waals surface area contributed by atoms with Gasteiger partial charge in [-0.25, -0.2) is 9.59 Å². The van der Waals surface area contributed by atoms with Crippen molar-refractivity contribution in [3.05, 3.63) is 123 Å². The van der Waals surface area contributed by atoms with Crippen LogP contribution in [0.3, 0.4) is 0 Å². The molecule has 1 aliphatic rings. The van der Waals surface area contributed by atoms with Crippen LogP contribution >= 0.6 is 0 Å². The van der Waals surface area contributed by atoms with E-state index in [0.29, 0.717) is 11.4 Å². The van der Waals surface area contributed by atoms with Crippen molar-refractivity contribution in [1.82, 2.24) is 15.3 Å². The van der Waals surface area contributed by atoms with Crippen molar-refractivity contribution in [2.24, 2.45) is 0 Å². The van der Waals surface area contributed by atoms with Gasteiger partial charge in [-0.05, 0) is 49.2 Å². The van der Waals surface area contributed by atoms with Gasteiger partial charge in [0.1, 0.15) is 13.2 Å². The smallest absolute Gasteiger partial charge is 0.337 e. The maximum absolute atomic E-state index is 13.4. The van der Waals surface area contributed by atoms with Crippen LogP contribution in [0, 0.1) is 10.1 Å². The number of aromatic nitrogens is 2. The first-order valence-electron chi connectivity index (χ1n) is 11.4. The van der Waals surface area contributed by atoms with E-state index < -0.39 is 22.8 Å². The predicted octanol–water partition coefficient (Wildman–Crippen LogP) is 4.11. The molecule has 1 aromatic carbocycles. The molecule has 0 aliphatic carbocycles. The van der Waals surface area contributed by atoms with E-state index in [9.17, 15) is 19.7 Å². The summed E-state index contributed by atoms with van der Waals surface area (Å²) in [4.78, 5) is 46.1. The minimum atomic E-state index is -1.09. The molecule has 1 aliphatic heterocycles. The topological polar surface area (TPSA) is 134 Å². The number of dihydropyridines is 1. The highest BCUT2D eigenvalue weighted by atomic mass is 16.6. The summed E-state index contributed by atoms with van der Waals surface area (Å²) < 4.78 is 11.1. The minimum absolute atomic E-state index is 0.0355. The Morgan fingerprint density at radius 2 is 1.30 bits per heavy atom. The van der Waals surface area contributed by atoms with E-state index in [0.717, 1.165) is 11.1 Å². The van der Waals surface area contributed by atoms with Gasteiger partial charge in [0.2, 0.25) is 0 Å². The van der Waals surface area contributed by atoms with Gasteiger partial charge in [-0.1, -0.05) is 18.2 Å². The Kier molecular flexibility index (Phi) is 7.68. The molecule has 3 heterocycles. The Balaban J connectivity index is 1.73. The molecule has 3 aromatic rings. The number of nitro benzene ring substituents is 1. The van der Waals surface area contributed by atoms with E-state index in [4.69, 9.17) is 9.47 Å². The molecular weight excluding hydrogens is 476 g/mol. The maximum Gasteiger partial charge on any atom is 0.337 e. The zero-order chi connectivity index (χ0) is 26.4. The van der Waals surface area contributed by atoms with E-state index in [1.165, 1.54) is 18.2 Å². The number of pyridine rings is 2. The summed E-state index contributed by atoms with van der Waals surface area (Å²) in [5, 5.41) is 15.0. The molecule has 0 radical (unpaired) electrons. The maximum atomic E-state index is 13.4. The number of esters is 2. The van der Waals surface area contributed by atoms with E-state index >= 15 is 0 Å². The fourth-order valence-electron chi connectivity index (χ4n) is 4.16. The molecule has 37 heavy (non-hydrogen) atoms. The van der Waals surface area contributed by atoms with Crippen molar-refractivity contribution in [2.75, 3.05) is 0 Å². The highest BCUT2D eigenvalue weighted by molar-refractivity contribution is 6.00. The number of para-hydroxylation sites is 1. The van der Waals surface area contributed by atoms with Crippen LogP contribution in [0.25, 0.3) is 0 Å². The molecule has 10 heteroatoms. The summed E-state index contributed by atoms with van der Waals surface area (Å²) >= 11 is 0. The molecule has 0 unspecified atom stereocenters. The van der Waals surface area contributed by atoms with Gasteiger partial charge in [0, 0.05) is 47.8 Å². The third-order valence-electron chi connectivity index (χ3n) is 5.88. The largest absolute Gasteiger partial charge is 0.457 e. The number of nitrogens with one attached hydrogen (secondary N) is 1. The zero-order valence-electron chi connectivity index (χ0n) is 20.2. The summed E-state index contributed by atoms with van der Waals surface area (Å²) in [5.74, 6) is -2.51. The fourth-order valence-corrected chi connectivity index (χ4v) is 4.16. The van der Waals surface area contributed by atoms with E-state index in [2.05, 4.69) is 15.3 Å². The molecule has 1 N–H and O–H groups in total. The first-order chi connectivity index (χ1) is 17.9. The third kappa shape index (κ3) is 5.69. The number of benzene rings is 1. The van der Waals surface area contributed by atoms with Gasteiger partial charge < -0.3 is 14.8 Å². The number of nitrogens with zero attached hydrogens (tertiary/aromatic N) is 3. The third-order valence-corrected chi connectivity index (χ3v) is 5.88. The van der Waals surface area contributed by atoms with E-state index in [-0.39, 0.29) is 35.6 Å². The Hall–Kier alpha value is -4.86. The first kappa shape index (κ1) is 25.2. The number of nitro groups is 1. The lowest BCUT2D eigenvalue weighted by molar-refractivity contribution is -0.385. The van der Waals surface area contributed by atoms with Crippen LogP contribution in [0.4, 0.5) is 5.69 Å². The number of hydrogen-bond donors (Lipinski definition) is 1. The van der Waals surface area contributed by atoms with Crippen molar-refractivity contribution >= 4 is 17.6 Å². The van der Waals surface area contributed by atoms with Gasteiger partial charge in [0.05, 0.1) is 22.0 Å². The van der Waals surface area contributed by atoms with Crippen LogP contribution in [0.15, 0.2) is 95.9 Å². The summed E-state index contributed by atoms with van der Waals surface area (Å²) in [6.45, 7) is 3.25. The normalized spacial score (nSPS) is 13.7. The molecule has 10 nitrogen and oxygen atoms in total.